The summed E-state index contributed by atoms with van der Waals surface area (Å²) >= 11 is 0. The first-order valence-electron chi connectivity index (χ1n) is 10.9. The molecule has 32 heavy (non-hydrogen) atoms. The molecule has 3 rings (SSSR count). The van der Waals surface area contributed by atoms with Crippen LogP contribution in [0.2, 0.25) is 18.1 Å². The molecule has 0 bridgehead atoms. The fourth-order valence-corrected chi connectivity index (χ4v) is 4.83. The van der Waals surface area contributed by atoms with Gasteiger partial charge in [0.1, 0.15) is 0 Å². The average Bonchev–Trinajstić information content (AvgIpc) is 3.08. The molecule has 0 aliphatic carbocycles. The number of benzene rings is 2. The molecule has 0 unspecified atom stereocenters. The number of carbonyl (C=O) groups is 2. The van der Waals surface area contributed by atoms with Gasteiger partial charge in [0.15, 0.2) is 8.32 Å². The SMILES string of the molecule is COC(=O)c1ccc2c(c1C(=O)OC)c1ccccc1n2CCCO[Si](C)(C)C(C)(C)C. The zero-order valence-corrected chi connectivity index (χ0v) is 21.1. The lowest BCUT2D eigenvalue weighted by molar-refractivity contribution is 0.0557. The van der Waals surface area contributed by atoms with Crippen molar-refractivity contribution in [3.05, 3.63) is 47.5 Å². The Kier molecular flexibility index (Phi) is 6.81. The van der Waals surface area contributed by atoms with Crippen LogP contribution >= 0.6 is 0 Å². The van der Waals surface area contributed by atoms with E-state index in [0.717, 1.165) is 29.4 Å². The maximum atomic E-state index is 12.7. The van der Waals surface area contributed by atoms with Gasteiger partial charge < -0.3 is 18.5 Å². The van der Waals surface area contributed by atoms with Gasteiger partial charge in [0, 0.05) is 29.4 Å². The Bertz CT molecular complexity index is 1160. The molecule has 0 saturated heterocycles. The number of esters is 2. The highest BCUT2D eigenvalue weighted by atomic mass is 28.4. The number of hydrogen-bond acceptors (Lipinski definition) is 5. The van der Waals surface area contributed by atoms with Crippen molar-refractivity contribution < 1.29 is 23.5 Å². The number of para-hydroxylation sites is 1. The van der Waals surface area contributed by atoms with Crippen LogP contribution in [-0.2, 0) is 20.4 Å². The van der Waals surface area contributed by atoms with E-state index in [0.29, 0.717) is 12.0 Å². The Morgan fingerprint density at radius 3 is 2.22 bits per heavy atom. The van der Waals surface area contributed by atoms with Gasteiger partial charge in [-0.15, -0.1) is 0 Å². The molecule has 0 fully saturated rings. The van der Waals surface area contributed by atoms with Gasteiger partial charge in [0.2, 0.25) is 0 Å². The van der Waals surface area contributed by atoms with E-state index < -0.39 is 20.3 Å². The van der Waals surface area contributed by atoms with Gasteiger partial charge in [-0.2, -0.15) is 0 Å². The van der Waals surface area contributed by atoms with E-state index in [-0.39, 0.29) is 16.2 Å². The van der Waals surface area contributed by atoms with Gasteiger partial charge in [0.05, 0.1) is 30.9 Å². The van der Waals surface area contributed by atoms with E-state index in [1.807, 2.05) is 30.3 Å². The Morgan fingerprint density at radius 1 is 0.938 bits per heavy atom. The number of methoxy groups -OCH3 is 2. The van der Waals surface area contributed by atoms with Gasteiger partial charge in [-0.3, -0.25) is 0 Å². The van der Waals surface area contributed by atoms with Crippen molar-refractivity contribution in [2.24, 2.45) is 0 Å². The monoisotopic (exact) mass is 455 g/mol. The Morgan fingerprint density at radius 2 is 1.59 bits per heavy atom. The first kappa shape index (κ1) is 24.0. The highest BCUT2D eigenvalue weighted by Gasteiger charge is 2.36. The zero-order chi connectivity index (χ0) is 23.7. The molecule has 1 heterocycles. The fraction of sp³-hybridized carbons (Fsp3) is 0.440. The van der Waals surface area contributed by atoms with Gasteiger partial charge in [-0.05, 0) is 42.8 Å². The lowest BCUT2D eigenvalue weighted by Crippen LogP contribution is -2.41. The number of ether oxygens (including phenoxy) is 2. The quantitative estimate of drug-likeness (QED) is 0.257. The second kappa shape index (κ2) is 9.08. The third kappa shape index (κ3) is 4.32. The third-order valence-corrected chi connectivity index (χ3v) is 11.1. The minimum Gasteiger partial charge on any atom is -0.465 e. The lowest BCUT2D eigenvalue weighted by atomic mass is 10.0. The third-order valence-electron chi connectivity index (χ3n) is 6.53. The van der Waals surface area contributed by atoms with Crippen LogP contribution in [0.4, 0.5) is 0 Å². The Hall–Kier alpha value is -2.64. The van der Waals surface area contributed by atoms with E-state index in [1.165, 1.54) is 14.2 Å². The smallest absolute Gasteiger partial charge is 0.339 e. The van der Waals surface area contributed by atoms with Crippen LogP contribution < -0.4 is 0 Å². The molecule has 0 atom stereocenters. The molecule has 0 N–H and O–H groups in total. The van der Waals surface area contributed by atoms with Gasteiger partial charge in [0.25, 0.3) is 0 Å². The second-order valence-corrected chi connectivity index (χ2v) is 14.3. The second-order valence-electron chi connectivity index (χ2n) is 9.50. The largest absolute Gasteiger partial charge is 0.465 e. The van der Waals surface area contributed by atoms with Crippen molar-refractivity contribution in [3.8, 4) is 0 Å². The predicted octanol–water partition coefficient (Wildman–Crippen LogP) is 5.78. The minimum atomic E-state index is -1.81. The summed E-state index contributed by atoms with van der Waals surface area (Å²) in [5, 5.41) is 1.78. The maximum absolute atomic E-state index is 12.7. The van der Waals surface area contributed by atoms with Crippen LogP contribution in [0.5, 0.6) is 0 Å². The topological polar surface area (TPSA) is 66.8 Å². The van der Waals surface area contributed by atoms with E-state index in [4.69, 9.17) is 13.9 Å². The molecule has 2 aromatic carbocycles. The molecular weight excluding hydrogens is 422 g/mol. The number of aryl methyl sites for hydroxylation is 1. The summed E-state index contributed by atoms with van der Waals surface area (Å²) in [5.41, 5.74) is 2.33. The summed E-state index contributed by atoms with van der Waals surface area (Å²) in [6.45, 7) is 12.6. The van der Waals surface area contributed by atoms with Crippen molar-refractivity contribution in [1.29, 1.82) is 0 Å². The zero-order valence-electron chi connectivity index (χ0n) is 20.1. The van der Waals surface area contributed by atoms with E-state index >= 15 is 0 Å². The minimum absolute atomic E-state index is 0.166. The van der Waals surface area contributed by atoms with E-state index in [1.54, 1.807) is 6.07 Å². The normalized spacial score (nSPS) is 12.3. The highest BCUT2D eigenvalue weighted by molar-refractivity contribution is 6.74. The Balaban J connectivity index is 2.06. The maximum Gasteiger partial charge on any atom is 0.339 e. The summed E-state index contributed by atoms with van der Waals surface area (Å²) in [6.07, 6.45) is 0.840. The molecule has 0 spiro atoms. The van der Waals surface area contributed by atoms with Crippen molar-refractivity contribution >= 4 is 42.1 Å². The van der Waals surface area contributed by atoms with E-state index in [9.17, 15) is 9.59 Å². The van der Waals surface area contributed by atoms with Crippen LogP contribution in [0, 0.1) is 0 Å². The predicted molar refractivity (Wildman–Crippen MR) is 130 cm³/mol. The van der Waals surface area contributed by atoms with Crippen LogP contribution in [0.1, 0.15) is 47.9 Å². The molecule has 3 aromatic rings. The standard InChI is InChI=1S/C25H33NO5Si/c1-25(2,3)32(6,7)31-16-10-15-26-19-12-9-8-11-17(19)21-20(26)14-13-18(23(27)29-4)22(21)24(28)30-5/h8-9,11-14H,10,15-16H2,1-7H3. The molecule has 0 radical (unpaired) electrons. The summed E-state index contributed by atoms with van der Waals surface area (Å²) in [6, 6.07) is 11.4. The molecular formula is C25H33NO5Si. The van der Waals surface area contributed by atoms with Gasteiger partial charge >= 0.3 is 11.9 Å². The highest BCUT2D eigenvalue weighted by Crippen LogP contribution is 2.37. The number of aromatic nitrogens is 1. The first-order chi connectivity index (χ1) is 15.0. The molecule has 172 valence electrons. The van der Waals surface area contributed by atoms with Crippen molar-refractivity contribution in [1.82, 2.24) is 4.57 Å². The molecule has 0 amide bonds. The summed E-state index contributed by atoms with van der Waals surface area (Å²) in [7, 11) is 0.815. The van der Waals surface area contributed by atoms with Crippen molar-refractivity contribution in [2.45, 2.75) is 51.9 Å². The number of nitrogens with zero attached hydrogens (tertiary/aromatic N) is 1. The number of hydrogen-bond donors (Lipinski definition) is 0. The van der Waals surface area contributed by atoms with E-state index in [2.05, 4.69) is 38.4 Å². The van der Waals surface area contributed by atoms with Crippen LogP contribution in [0.25, 0.3) is 21.8 Å². The number of rotatable bonds is 7. The van der Waals surface area contributed by atoms with Gasteiger partial charge in [-0.1, -0.05) is 39.0 Å². The lowest BCUT2D eigenvalue weighted by Gasteiger charge is -2.36. The molecule has 0 aliphatic rings. The Labute approximate surface area is 190 Å². The van der Waals surface area contributed by atoms with Crippen LogP contribution in [0.15, 0.2) is 36.4 Å². The number of carbonyl (C=O) groups excluding carboxylic acids is 2. The van der Waals surface area contributed by atoms with Gasteiger partial charge in [-0.25, -0.2) is 9.59 Å². The van der Waals surface area contributed by atoms with Crippen molar-refractivity contribution in [2.75, 3.05) is 20.8 Å². The van der Waals surface area contributed by atoms with Crippen molar-refractivity contribution in [3.63, 3.8) is 0 Å². The van der Waals surface area contributed by atoms with Crippen LogP contribution in [0.3, 0.4) is 0 Å². The molecule has 0 saturated carbocycles. The molecule has 1 aromatic heterocycles. The summed E-state index contributed by atoms with van der Waals surface area (Å²) in [4.78, 5) is 25.1. The summed E-state index contributed by atoms with van der Waals surface area (Å²) < 4.78 is 18.5. The summed E-state index contributed by atoms with van der Waals surface area (Å²) in [5.74, 6) is -1.12. The van der Waals surface area contributed by atoms with Crippen LogP contribution in [-0.4, -0.2) is 45.6 Å². The molecule has 7 heteroatoms. The number of fused-ring (bicyclic) bond motifs is 3. The fourth-order valence-electron chi connectivity index (χ4n) is 3.74. The first-order valence-corrected chi connectivity index (χ1v) is 13.8. The average molecular weight is 456 g/mol. The molecule has 6 nitrogen and oxygen atoms in total. The molecule has 0 aliphatic heterocycles.